The Bertz CT molecular complexity index is 895. The first-order chi connectivity index (χ1) is 17.9. The second-order valence-electron chi connectivity index (χ2n) is 9.44. The molecule has 0 heterocycles. The van der Waals surface area contributed by atoms with Crippen LogP contribution < -0.4 is 0 Å². The molecule has 0 aliphatic heterocycles. The van der Waals surface area contributed by atoms with Gasteiger partial charge < -0.3 is 20.4 Å². The zero-order valence-electron chi connectivity index (χ0n) is 22.4. The molecule has 0 aliphatic rings. The Morgan fingerprint density at radius 2 is 1.11 bits per heavy atom. The third kappa shape index (κ3) is 18.7. The van der Waals surface area contributed by atoms with Crippen LogP contribution >= 0.6 is 0 Å². The molecule has 0 saturated heterocycles. The van der Waals surface area contributed by atoms with Gasteiger partial charge in [-0.25, -0.2) is 0 Å². The van der Waals surface area contributed by atoms with Crippen molar-refractivity contribution in [1.82, 2.24) is 0 Å². The van der Waals surface area contributed by atoms with Crippen LogP contribution in [0.1, 0.15) is 108 Å². The fourth-order valence-corrected chi connectivity index (χ4v) is 3.84. The second kappa shape index (κ2) is 20.9. The number of carbonyl (C=O) groups is 1. The Hall–Kier alpha value is -3.21. The van der Waals surface area contributed by atoms with E-state index in [1.807, 2.05) is 6.08 Å². The van der Waals surface area contributed by atoms with E-state index in [0.29, 0.717) is 12.0 Å². The van der Waals surface area contributed by atoms with E-state index in [0.717, 1.165) is 18.4 Å². The number of allylic oxidation sites excluding steroid dienone is 2. The number of carboxylic acids is 1. The Morgan fingerprint density at radius 3 is 1.65 bits per heavy atom. The molecule has 2 rings (SSSR count). The molecule has 5 heteroatoms. The molecule has 0 aliphatic carbocycles. The van der Waals surface area contributed by atoms with Gasteiger partial charge in [-0.05, 0) is 67.5 Å². The molecule has 0 fully saturated rings. The number of rotatable bonds is 17. The highest BCUT2D eigenvalue weighted by Gasteiger charge is 1.97. The summed E-state index contributed by atoms with van der Waals surface area (Å²) in [4.78, 5) is 10.3. The first-order valence-electron chi connectivity index (χ1n) is 13.8. The standard InChI is InChI=1S/C18H34O2.C14H12O3/c1-2-3-4-5-6-7-8-9-10-11-12-13-14-15-16-17-18(19)20;15-12-5-3-10(4-6-12)1-2-11-7-13(16)9-14(17)8-11/h9-10H,2-8,11-17H2,1H3,(H,19,20);1-9,15-17H/b10-9-;2-1+. The van der Waals surface area contributed by atoms with Gasteiger partial charge in [0.15, 0.2) is 0 Å². The topological polar surface area (TPSA) is 98.0 Å². The van der Waals surface area contributed by atoms with Crippen molar-refractivity contribution in [3.63, 3.8) is 0 Å². The van der Waals surface area contributed by atoms with Crippen molar-refractivity contribution in [1.29, 1.82) is 0 Å². The van der Waals surface area contributed by atoms with Gasteiger partial charge in [0.1, 0.15) is 17.2 Å². The summed E-state index contributed by atoms with van der Waals surface area (Å²) in [6.45, 7) is 2.26. The Labute approximate surface area is 223 Å². The number of phenolic OH excluding ortho intramolecular Hbond substituents is 3. The SMILES string of the molecule is CCCCCCCC/C=C\CCCCCCCC(=O)O.Oc1ccc(/C=C/c2cc(O)cc(O)c2)cc1. The molecule has 5 nitrogen and oxygen atoms in total. The normalized spacial score (nSPS) is 11.1. The monoisotopic (exact) mass is 510 g/mol. The van der Waals surface area contributed by atoms with Gasteiger partial charge in [-0.2, -0.15) is 0 Å². The first kappa shape index (κ1) is 31.8. The molecule has 37 heavy (non-hydrogen) atoms. The maximum absolute atomic E-state index is 10.3. The lowest BCUT2D eigenvalue weighted by atomic mass is 10.1. The molecule has 0 aromatic heterocycles. The minimum absolute atomic E-state index is 0.0235. The molecule has 2 aromatic rings. The van der Waals surface area contributed by atoms with E-state index in [-0.39, 0.29) is 17.2 Å². The number of hydrogen-bond acceptors (Lipinski definition) is 4. The van der Waals surface area contributed by atoms with E-state index in [4.69, 9.17) is 10.2 Å². The van der Waals surface area contributed by atoms with Crippen LogP contribution in [0.25, 0.3) is 12.2 Å². The summed E-state index contributed by atoms with van der Waals surface area (Å²) in [5.74, 6) is -0.398. The van der Waals surface area contributed by atoms with Crippen molar-refractivity contribution in [2.75, 3.05) is 0 Å². The number of benzene rings is 2. The van der Waals surface area contributed by atoms with E-state index in [2.05, 4.69) is 19.1 Å². The molecule has 204 valence electrons. The number of carboxylic acid groups (broad SMARTS) is 1. The van der Waals surface area contributed by atoms with Gasteiger partial charge in [0.05, 0.1) is 0 Å². The van der Waals surface area contributed by atoms with Crippen molar-refractivity contribution in [2.24, 2.45) is 0 Å². The van der Waals surface area contributed by atoms with Crippen LogP contribution in [0.15, 0.2) is 54.6 Å². The van der Waals surface area contributed by atoms with Crippen LogP contribution in [-0.2, 0) is 4.79 Å². The highest BCUT2D eigenvalue weighted by molar-refractivity contribution is 5.71. The minimum atomic E-state index is -0.664. The van der Waals surface area contributed by atoms with E-state index < -0.39 is 5.97 Å². The van der Waals surface area contributed by atoms with Crippen LogP contribution in [0.5, 0.6) is 17.2 Å². The molecular formula is C32H46O5. The van der Waals surface area contributed by atoms with E-state index in [1.54, 1.807) is 42.5 Å². The van der Waals surface area contributed by atoms with Gasteiger partial charge in [0.2, 0.25) is 0 Å². The number of phenols is 3. The van der Waals surface area contributed by atoms with Crippen LogP contribution in [-0.4, -0.2) is 26.4 Å². The summed E-state index contributed by atoms with van der Waals surface area (Å²) in [7, 11) is 0. The number of hydrogen-bond donors (Lipinski definition) is 4. The number of unbranched alkanes of at least 4 members (excludes halogenated alkanes) is 11. The molecule has 0 spiro atoms. The molecule has 4 N–H and O–H groups in total. The predicted octanol–water partition coefficient (Wildman–Crippen LogP) is 9.08. The van der Waals surface area contributed by atoms with Crippen LogP contribution in [0, 0.1) is 0 Å². The van der Waals surface area contributed by atoms with Gasteiger partial charge in [0.25, 0.3) is 0 Å². The van der Waals surface area contributed by atoms with Gasteiger partial charge in [-0.1, -0.05) is 94.7 Å². The van der Waals surface area contributed by atoms with Crippen molar-refractivity contribution in [3.8, 4) is 17.2 Å². The quantitative estimate of drug-likeness (QED) is 0.0966. The molecule has 0 unspecified atom stereocenters. The summed E-state index contributed by atoms with van der Waals surface area (Å²) in [6, 6.07) is 11.1. The van der Waals surface area contributed by atoms with Gasteiger partial charge in [-0.15, -0.1) is 0 Å². The van der Waals surface area contributed by atoms with Crippen molar-refractivity contribution in [3.05, 3.63) is 65.7 Å². The fourth-order valence-electron chi connectivity index (χ4n) is 3.84. The van der Waals surface area contributed by atoms with Gasteiger partial charge in [-0.3, -0.25) is 4.79 Å². The molecular weight excluding hydrogens is 464 g/mol. The number of aromatic hydroxyl groups is 3. The van der Waals surface area contributed by atoms with E-state index >= 15 is 0 Å². The highest BCUT2D eigenvalue weighted by Crippen LogP contribution is 2.22. The van der Waals surface area contributed by atoms with Gasteiger partial charge >= 0.3 is 5.97 Å². The smallest absolute Gasteiger partial charge is 0.303 e. The predicted molar refractivity (Wildman–Crippen MR) is 154 cm³/mol. The lowest BCUT2D eigenvalue weighted by Gasteiger charge is -1.99. The van der Waals surface area contributed by atoms with Crippen LogP contribution in [0.3, 0.4) is 0 Å². The number of aliphatic carboxylic acids is 1. The highest BCUT2D eigenvalue weighted by atomic mass is 16.4. The third-order valence-electron chi connectivity index (χ3n) is 5.94. The molecule has 0 saturated carbocycles. The molecule has 0 radical (unpaired) electrons. The average Bonchev–Trinajstić information content (AvgIpc) is 2.86. The zero-order valence-corrected chi connectivity index (χ0v) is 22.4. The lowest BCUT2D eigenvalue weighted by molar-refractivity contribution is -0.137. The second-order valence-corrected chi connectivity index (χ2v) is 9.44. The Balaban J connectivity index is 0.000000373. The average molecular weight is 511 g/mol. The summed E-state index contributed by atoms with van der Waals surface area (Å²) < 4.78 is 0. The van der Waals surface area contributed by atoms with Crippen LogP contribution in [0.4, 0.5) is 0 Å². The lowest BCUT2D eigenvalue weighted by Crippen LogP contribution is -1.93. The molecule has 0 atom stereocenters. The summed E-state index contributed by atoms with van der Waals surface area (Å²) >= 11 is 0. The fraction of sp³-hybridized carbons (Fsp3) is 0.469. The minimum Gasteiger partial charge on any atom is -0.508 e. The van der Waals surface area contributed by atoms with Crippen molar-refractivity contribution < 1.29 is 25.2 Å². The largest absolute Gasteiger partial charge is 0.508 e. The molecule has 0 amide bonds. The summed E-state index contributed by atoms with van der Waals surface area (Å²) in [5.41, 5.74) is 1.63. The maximum atomic E-state index is 10.3. The summed E-state index contributed by atoms with van der Waals surface area (Å²) in [6.07, 6.45) is 24.8. The summed E-state index contributed by atoms with van der Waals surface area (Å²) in [5, 5.41) is 36.2. The zero-order chi connectivity index (χ0) is 27.1. The molecule has 2 aromatic carbocycles. The van der Waals surface area contributed by atoms with E-state index in [9.17, 15) is 15.0 Å². The maximum Gasteiger partial charge on any atom is 0.303 e. The Morgan fingerprint density at radius 1 is 0.622 bits per heavy atom. The van der Waals surface area contributed by atoms with Crippen molar-refractivity contribution >= 4 is 18.1 Å². The third-order valence-corrected chi connectivity index (χ3v) is 5.94. The van der Waals surface area contributed by atoms with E-state index in [1.165, 1.54) is 76.7 Å². The van der Waals surface area contributed by atoms with Crippen LogP contribution in [0.2, 0.25) is 0 Å². The Kier molecular flexibility index (Phi) is 18.0. The first-order valence-corrected chi connectivity index (χ1v) is 13.8. The van der Waals surface area contributed by atoms with Gasteiger partial charge in [0, 0.05) is 12.5 Å². The molecule has 0 bridgehead atoms. The van der Waals surface area contributed by atoms with Crippen molar-refractivity contribution in [2.45, 2.75) is 96.8 Å².